The van der Waals surface area contributed by atoms with E-state index < -0.39 is 0 Å². The van der Waals surface area contributed by atoms with E-state index in [1.165, 1.54) is 7.11 Å². The third-order valence-electron chi connectivity index (χ3n) is 3.01. The van der Waals surface area contributed by atoms with Gasteiger partial charge in [-0.1, -0.05) is 0 Å². The number of rotatable bonds is 4. The van der Waals surface area contributed by atoms with Crippen LogP contribution in [0.2, 0.25) is 0 Å². The van der Waals surface area contributed by atoms with E-state index in [4.69, 9.17) is 4.74 Å². The first-order chi connectivity index (χ1) is 8.17. The Balaban J connectivity index is 2.04. The topological polar surface area (TPSA) is 52.6 Å². The fourth-order valence-corrected chi connectivity index (χ4v) is 1.87. The average Bonchev–Trinajstić information content (AvgIpc) is 3.17. The Morgan fingerprint density at radius 3 is 2.29 bits per heavy atom. The van der Waals surface area contributed by atoms with Gasteiger partial charge in [0.05, 0.1) is 20.1 Å². The van der Waals surface area contributed by atoms with Gasteiger partial charge in [-0.25, -0.2) is 0 Å². The molecular formula is C13H14O4. The highest BCUT2D eigenvalue weighted by molar-refractivity contribution is 6.02. The zero-order chi connectivity index (χ0) is 12.4. The van der Waals surface area contributed by atoms with Gasteiger partial charge in [-0.05, 0) is 30.7 Å². The van der Waals surface area contributed by atoms with Crippen molar-refractivity contribution in [3.8, 4) is 5.75 Å². The maximum atomic E-state index is 12.0. The van der Waals surface area contributed by atoms with Crippen LogP contribution in [0.5, 0.6) is 5.75 Å². The van der Waals surface area contributed by atoms with Gasteiger partial charge in [-0.2, -0.15) is 0 Å². The number of ketones is 1. The molecule has 0 radical (unpaired) electrons. The highest BCUT2D eigenvalue weighted by atomic mass is 16.5. The number of Topliss-reactive ketones (excluding diaryl/α,β-unsaturated/α-hetero) is 1. The fraction of sp³-hybridized carbons (Fsp3) is 0.385. The first-order valence-electron chi connectivity index (χ1n) is 5.43. The van der Waals surface area contributed by atoms with Crippen molar-refractivity contribution in [2.75, 3.05) is 14.2 Å². The predicted octanol–water partition coefficient (Wildman–Crippen LogP) is 1.69. The summed E-state index contributed by atoms with van der Waals surface area (Å²) in [5.41, 5.74) is 0.613. The first kappa shape index (κ1) is 11.6. The minimum Gasteiger partial charge on any atom is -0.497 e. The molecule has 0 heterocycles. The zero-order valence-corrected chi connectivity index (χ0v) is 9.80. The molecule has 0 N–H and O–H groups in total. The van der Waals surface area contributed by atoms with Crippen LogP contribution >= 0.6 is 0 Å². The van der Waals surface area contributed by atoms with Gasteiger partial charge < -0.3 is 9.47 Å². The van der Waals surface area contributed by atoms with Crippen LogP contribution in [0.25, 0.3) is 0 Å². The quantitative estimate of drug-likeness (QED) is 0.587. The number of hydrogen-bond acceptors (Lipinski definition) is 4. The van der Waals surface area contributed by atoms with Gasteiger partial charge >= 0.3 is 5.97 Å². The molecule has 0 aliphatic heterocycles. The molecule has 1 aromatic rings. The number of esters is 1. The van der Waals surface area contributed by atoms with Gasteiger partial charge in [0.25, 0.3) is 0 Å². The van der Waals surface area contributed by atoms with Crippen molar-refractivity contribution in [3.63, 3.8) is 0 Å². The molecule has 4 heteroatoms. The van der Waals surface area contributed by atoms with E-state index in [-0.39, 0.29) is 23.6 Å². The molecule has 2 rings (SSSR count). The highest BCUT2D eigenvalue weighted by Crippen LogP contribution is 2.41. The molecule has 1 fully saturated rings. The smallest absolute Gasteiger partial charge is 0.309 e. The molecule has 0 spiro atoms. The molecule has 4 nitrogen and oxygen atoms in total. The largest absolute Gasteiger partial charge is 0.497 e. The van der Waals surface area contributed by atoms with Crippen molar-refractivity contribution in [1.82, 2.24) is 0 Å². The summed E-state index contributed by atoms with van der Waals surface area (Å²) in [6.45, 7) is 0. The van der Waals surface area contributed by atoms with Crippen molar-refractivity contribution in [3.05, 3.63) is 29.8 Å². The molecular weight excluding hydrogens is 220 g/mol. The van der Waals surface area contributed by atoms with E-state index in [1.807, 2.05) is 0 Å². The van der Waals surface area contributed by atoms with Gasteiger partial charge in [0.2, 0.25) is 0 Å². The maximum Gasteiger partial charge on any atom is 0.309 e. The van der Waals surface area contributed by atoms with E-state index in [1.54, 1.807) is 31.4 Å². The summed E-state index contributed by atoms with van der Waals surface area (Å²) in [6, 6.07) is 6.91. The number of hydrogen-bond donors (Lipinski definition) is 0. The molecule has 1 saturated carbocycles. The molecule has 0 bridgehead atoms. The molecule has 1 aromatic carbocycles. The van der Waals surface area contributed by atoms with Crippen LogP contribution in [0.15, 0.2) is 24.3 Å². The van der Waals surface area contributed by atoms with E-state index in [9.17, 15) is 9.59 Å². The Bertz CT molecular complexity index is 435. The number of benzene rings is 1. The first-order valence-corrected chi connectivity index (χ1v) is 5.43. The van der Waals surface area contributed by atoms with Crippen LogP contribution in [-0.4, -0.2) is 26.0 Å². The summed E-state index contributed by atoms with van der Waals surface area (Å²) < 4.78 is 9.63. The van der Waals surface area contributed by atoms with Crippen molar-refractivity contribution in [1.29, 1.82) is 0 Å². The lowest BCUT2D eigenvalue weighted by molar-refractivity contribution is -0.142. The lowest BCUT2D eigenvalue weighted by Crippen LogP contribution is -2.10. The van der Waals surface area contributed by atoms with Gasteiger partial charge in [0, 0.05) is 11.5 Å². The van der Waals surface area contributed by atoms with Gasteiger partial charge in [-0.15, -0.1) is 0 Å². The predicted molar refractivity (Wildman–Crippen MR) is 60.9 cm³/mol. The number of ether oxygens (including phenoxy) is 2. The Morgan fingerprint density at radius 2 is 1.76 bits per heavy atom. The number of carbonyl (C=O) groups excluding carboxylic acids is 2. The van der Waals surface area contributed by atoms with Gasteiger partial charge in [0.15, 0.2) is 5.78 Å². The maximum absolute atomic E-state index is 12.0. The fourth-order valence-electron chi connectivity index (χ4n) is 1.87. The second-order valence-corrected chi connectivity index (χ2v) is 4.06. The summed E-state index contributed by atoms with van der Waals surface area (Å²) in [4.78, 5) is 23.2. The highest BCUT2D eigenvalue weighted by Gasteiger charge is 2.48. The molecule has 0 saturated heterocycles. The summed E-state index contributed by atoms with van der Waals surface area (Å²) in [5.74, 6) is -0.0489. The van der Waals surface area contributed by atoms with Crippen molar-refractivity contribution < 1.29 is 19.1 Å². The van der Waals surface area contributed by atoms with E-state index in [0.29, 0.717) is 17.7 Å². The Kier molecular flexibility index (Phi) is 3.13. The summed E-state index contributed by atoms with van der Waals surface area (Å²) >= 11 is 0. The average molecular weight is 234 g/mol. The number of carbonyl (C=O) groups is 2. The molecule has 90 valence electrons. The van der Waals surface area contributed by atoms with Crippen molar-refractivity contribution in [2.24, 2.45) is 11.8 Å². The lowest BCUT2D eigenvalue weighted by Gasteiger charge is -2.02. The van der Waals surface area contributed by atoms with Crippen molar-refractivity contribution >= 4 is 11.8 Å². The molecule has 0 unspecified atom stereocenters. The molecule has 0 amide bonds. The molecule has 1 aliphatic rings. The van der Waals surface area contributed by atoms with Crippen LogP contribution in [-0.2, 0) is 9.53 Å². The Hall–Kier alpha value is -1.84. The summed E-state index contributed by atoms with van der Waals surface area (Å²) in [5, 5.41) is 0. The molecule has 0 aromatic heterocycles. The second-order valence-electron chi connectivity index (χ2n) is 4.06. The van der Waals surface area contributed by atoms with E-state index in [2.05, 4.69) is 4.74 Å². The summed E-state index contributed by atoms with van der Waals surface area (Å²) in [7, 11) is 2.92. The van der Waals surface area contributed by atoms with Crippen LogP contribution in [0.1, 0.15) is 16.8 Å². The monoisotopic (exact) mass is 234 g/mol. The third-order valence-corrected chi connectivity index (χ3v) is 3.01. The van der Waals surface area contributed by atoms with Crippen LogP contribution < -0.4 is 4.74 Å². The van der Waals surface area contributed by atoms with E-state index in [0.717, 1.165) is 0 Å². The molecule has 2 atom stereocenters. The third kappa shape index (κ3) is 2.30. The normalized spacial score (nSPS) is 21.8. The van der Waals surface area contributed by atoms with Crippen LogP contribution in [0.3, 0.4) is 0 Å². The van der Waals surface area contributed by atoms with Crippen molar-refractivity contribution in [2.45, 2.75) is 6.42 Å². The van der Waals surface area contributed by atoms with E-state index >= 15 is 0 Å². The Morgan fingerprint density at radius 1 is 1.12 bits per heavy atom. The SMILES string of the molecule is COC(=O)[C@@H]1C[C@@H]1C(=O)c1ccc(OC)cc1. The summed E-state index contributed by atoms with van der Waals surface area (Å²) in [6.07, 6.45) is 0.595. The lowest BCUT2D eigenvalue weighted by atomic mass is 10.1. The van der Waals surface area contributed by atoms with Crippen LogP contribution in [0, 0.1) is 11.8 Å². The minimum atomic E-state index is -0.295. The minimum absolute atomic E-state index is 0.00283. The second kappa shape index (κ2) is 4.57. The Labute approximate surface area is 99.5 Å². The van der Waals surface area contributed by atoms with Gasteiger partial charge in [0.1, 0.15) is 5.75 Å². The number of methoxy groups -OCH3 is 2. The molecule has 17 heavy (non-hydrogen) atoms. The van der Waals surface area contributed by atoms with Gasteiger partial charge in [-0.3, -0.25) is 9.59 Å². The zero-order valence-electron chi connectivity index (χ0n) is 9.80. The standard InChI is InChI=1S/C13H14O4/c1-16-9-5-3-8(4-6-9)12(14)10-7-11(10)13(15)17-2/h3-6,10-11H,7H2,1-2H3/t10-,11+/m0/s1. The molecule has 1 aliphatic carbocycles. The van der Waals surface area contributed by atoms with Crippen LogP contribution in [0.4, 0.5) is 0 Å².